The smallest absolute Gasteiger partial charge is 0.244 e. The summed E-state index contributed by atoms with van der Waals surface area (Å²) in [5.74, 6) is 0.910. The summed E-state index contributed by atoms with van der Waals surface area (Å²) in [6.45, 7) is 6.59. The van der Waals surface area contributed by atoms with Crippen molar-refractivity contribution in [3.63, 3.8) is 0 Å². The van der Waals surface area contributed by atoms with Crippen molar-refractivity contribution in [3.8, 4) is 5.75 Å². The highest BCUT2D eigenvalue weighted by atomic mass is 127. The number of carbonyl (C=O) groups is 1. The summed E-state index contributed by atoms with van der Waals surface area (Å²) >= 11 is 1.76. The third-order valence-electron chi connectivity index (χ3n) is 4.58. The van der Waals surface area contributed by atoms with Gasteiger partial charge < -0.3 is 20.3 Å². The molecule has 0 bridgehead atoms. The lowest BCUT2D eigenvalue weighted by Crippen LogP contribution is -2.43. The van der Waals surface area contributed by atoms with Crippen molar-refractivity contribution in [3.05, 3.63) is 52.0 Å². The highest BCUT2D eigenvalue weighted by Gasteiger charge is 2.21. The molecule has 0 aliphatic carbocycles. The van der Waals surface area contributed by atoms with E-state index < -0.39 is 0 Å². The Balaban J connectivity index is 0.00000320. The molecule has 1 aliphatic rings. The fraction of sp³-hybridized carbons (Fsp3) is 0.429. The van der Waals surface area contributed by atoms with Crippen molar-refractivity contribution in [2.45, 2.75) is 32.9 Å². The number of amides is 1. The largest absolute Gasteiger partial charge is 0.489 e. The fourth-order valence-corrected chi connectivity index (χ4v) is 3.97. The highest BCUT2D eigenvalue weighted by molar-refractivity contribution is 14.0. The number of fused-ring (bicyclic) bond motifs is 1. The molecule has 0 saturated heterocycles. The third-order valence-corrected chi connectivity index (χ3v) is 5.61. The number of rotatable bonds is 7. The number of benzene rings is 1. The molecule has 3 rings (SSSR count). The molecule has 2 heterocycles. The standard InChI is InChI=1S/C21H27FN4O2S.HI/c1-3-23-21(24-12-15(2)28-18-6-4-17(22)5-7-18)25-13-20(27)26-10-8-19-16(14-26)9-11-29-19;/h4-7,9,11,15H,3,8,10,12-14H2,1-2H3,(H2,23,24,25);1H. The number of carbonyl (C=O) groups excluding carboxylic acids is 1. The molecule has 164 valence electrons. The second-order valence-corrected chi connectivity index (χ2v) is 7.89. The van der Waals surface area contributed by atoms with Gasteiger partial charge in [-0.05, 0) is 61.5 Å². The van der Waals surface area contributed by atoms with Gasteiger partial charge in [-0.3, -0.25) is 4.79 Å². The minimum Gasteiger partial charge on any atom is -0.489 e. The maximum absolute atomic E-state index is 13.0. The van der Waals surface area contributed by atoms with Gasteiger partial charge in [-0.2, -0.15) is 0 Å². The van der Waals surface area contributed by atoms with Crippen molar-refractivity contribution in [2.75, 3.05) is 26.2 Å². The molecule has 0 saturated carbocycles. The number of guanidine groups is 1. The monoisotopic (exact) mass is 546 g/mol. The average molecular weight is 546 g/mol. The number of thiophene rings is 1. The number of ether oxygens (including phenoxy) is 1. The van der Waals surface area contributed by atoms with Gasteiger partial charge in [0.2, 0.25) is 5.91 Å². The van der Waals surface area contributed by atoms with Crippen LogP contribution in [0.2, 0.25) is 0 Å². The molecule has 0 fully saturated rings. The number of hydrogen-bond acceptors (Lipinski definition) is 4. The van der Waals surface area contributed by atoms with Gasteiger partial charge in [0.05, 0.1) is 6.54 Å². The minimum absolute atomic E-state index is 0. The first kappa shape index (κ1) is 24.4. The van der Waals surface area contributed by atoms with Crippen LogP contribution in [0.5, 0.6) is 5.75 Å². The second-order valence-electron chi connectivity index (χ2n) is 6.89. The van der Waals surface area contributed by atoms with E-state index in [9.17, 15) is 9.18 Å². The maximum atomic E-state index is 13.0. The normalized spacial score (nSPS) is 14.4. The van der Waals surface area contributed by atoms with Gasteiger partial charge in [0.15, 0.2) is 5.96 Å². The van der Waals surface area contributed by atoms with Crippen molar-refractivity contribution in [1.82, 2.24) is 15.5 Å². The van der Waals surface area contributed by atoms with Gasteiger partial charge in [-0.25, -0.2) is 9.38 Å². The summed E-state index contributed by atoms with van der Waals surface area (Å²) in [5.41, 5.74) is 1.25. The summed E-state index contributed by atoms with van der Waals surface area (Å²) in [4.78, 5) is 20.2. The van der Waals surface area contributed by atoms with Crippen LogP contribution >= 0.6 is 35.3 Å². The van der Waals surface area contributed by atoms with Crippen molar-refractivity contribution in [2.24, 2.45) is 4.99 Å². The van der Waals surface area contributed by atoms with Gasteiger partial charge >= 0.3 is 0 Å². The first-order valence-corrected chi connectivity index (χ1v) is 10.7. The van der Waals surface area contributed by atoms with E-state index in [1.807, 2.05) is 18.7 Å². The van der Waals surface area contributed by atoms with Gasteiger partial charge in [-0.1, -0.05) is 0 Å². The average Bonchev–Trinajstić information content (AvgIpc) is 3.19. The SMILES string of the molecule is CCNC(=NCC(=O)N1CCc2sccc2C1)NCC(C)Oc1ccc(F)cc1.I. The molecule has 2 aromatic rings. The Hall–Kier alpha value is -1.88. The molecule has 1 aliphatic heterocycles. The molecule has 1 atom stereocenters. The molecule has 1 aromatic heterocycles. The van der Waals surface area contributed by atoms with Crippen molar-refractivity contribution < 1.29 is 13.9 Å². The molecule has 30 heavy (non-hydrogen) atoms. The van der Waals surface area contributed by atoms with Crippen LogP contribution in [0.3, 0.4) is 0 Å². The number of nitrogens with one attached hydrogen (secondary N) is 2. The van der Waals surface area contributed by atoms with Crippen LogP contribution in [0, 0.1) is 5.82 Å². The fourth-order valence-electron chi connectivity index (χ4n) is 3.08. The highest BCUT2D eigenvalue weighted by Crippen LogP contribution is 2.23. The molecule has 1 amide bonds. The third kappa shape index (κ3) is 7.12. The van der Waals surface area contributed by atoms with E-state index in [-0.39, 0.29) is 48.3 Å². The van der Waals surface area contributed by atoms with Crippen LogP contribution in [0.15, 0.2) is 40.7 Å². The molecular weight excluding hydrogens is 518 g/mol. The number of hydrogen-bond donors (Lipinski definition) is 2. The van der Waals surface area contributed by atoms with E-state index in [1.165, 1.54) is 22.6 Å². The Kier molecular flexibility index (Phi) is 9.83. The van der Waals surface area contributed by atoms with Gasteiger partial charge in [-0.15, -0.1) is 35.3 Å². The second kappa shape index (κ2) is 12.1. The van der Waals surface area contributed by atoms with E-state index in [2.05, 4.69) is 27.1 Å². The zero-order valence-corrected chi connectivity index (χ0v) is 20.3. The lowest BCUT2D eigenvalue weighted by Gasteiger charge is -2.26. The quantitative estimate of drug-likeness (QED) is 0.318. The molecule has 1 aromatic carbocycles. The Morgan fingerprint density at radius 1 is 1.30 bits per heavy atom. The van der Waals surface area contributed by atoms with E-state index >= 15 is 0 Å². The summed E-state index contributed by atoms with van der Waals surface area (Å²) in [6, 6.07) is 8.03. The Morgan fingerprint density at radius 2 is 2.07 bits per heavy atom. The zero-order valence-electron chi connectivity index (χ0n) is 17.2. The van der Waals surface area contributed by atoms with Crippen LogP contribution < -0.4 is 15.4 Å². The van der Waals surface area contributed by atoms with Crippen LogP contribution in [0.25, 0.3) is 0 Å². The van der Waals surface area contributed by atoms with Gasteiger partial charge in [0.1, 0.15) is 24.2 Å². The van der Waals surface area contributed by atoms with Crippen LogP contribution in [-0.2, 0) is 17.8 Å². The lowest BCUT2D eigenvalue weighted by atomic mass is 10.1. The Morgan fingerprint density at radius 3 is 2.80 bits per heavy atom. The molecule has 9 heteroatoms. The molecule has 0 spiro atoms. The van der Waals surface area contributed by atoms with E-state index in [1.54, 1.807) is 23.5 Å². The predicted octanol–water partition coefficient (Wildman–Crippen LogP) is 3.41. The minimum atomic E-state index is -0.293. The lowest BCUT2D eigenvalue weighted by molar-refractivity contribution is -0.130. The van der Waals surface area contributed by atoms with Crippen LogP contribution in [0.4, 0.5) is 4.39 Å². The zero-order chi connectivity index (χ0) is 20.6. The predicted molar refractivity (Wildman–Crippen MR) is 129 cm³/mol. The topological polar surface area (TPSA) is 66.0 Å². The van der Waals surface area contributed by atoms with E-state index in [0.717, 1.165) is 13.0 Å². The van der Waals surface area contributed by atoms with E-state index in [0.29, 0.717) is 31.3 Å². The summed E-state index contributed by atoms with van der Waals surface area (Å²) < 4.78 is 18.7. The molecule has 6 nitrogen and oxygen atoms in total. The summed E-state index contributed by atoms with van der Waals surface area (Å²) in [6.07, 6.45) is 0.762. The van der Waals surface area contributed by atoms with Gasteiger partial charge in [0, 0.05) is 24.5 Å². The van der Waals surface area contributed by atoms with Crippen LogP contribution in [0.1, 0.15) is 24.3 Å². The Bertz CT molecular complexity index is 844. The molecule has 1 unspecified atom stereocenters. The maximum Gasteiger partial charge on any atom is 0.244 e. The number of aliphatic imine (C=N–C) groups is 1. The summed E-state index contributed by atoms with van der Waals surface area (Å²) in [7, 11) is 0. The molecule has 2 N–H and O–H groups in total. The molecule has 0 radical (unpaired) electrons. The molecular formula is C21H28FIN4O2S. The van der Waals surface area contributed by atoms with Crippen molar-refractivity contribution >= 4 is 47.2 Å². The number of halogens is 2. The first-order valence-electron chi connectivity index (χ1n) is 9.82. The first-order chi connectivity index (χ1) is 14.0. The number of nitrogens with zero attached hydrogens (tertiary/aromatic N) is 2. The van der Waals surface area contributed by atoms with Crippen LogP contribution in [-0.4, -0.2) is 49.0 Å². The van der Waals surface area contributed by atoms with E-state index in [4.69, 9.17) is 4.74 Å². The summed E-state index contributed by atoms with van der Waals surface area (Å²) in [5, 5.41) is 8.42. The van der Waals surface area contributed by atoms with Crippen molar-refractivity contribution in [1.29, 1.82) is 0 Å². The Labute approximate surface area is 197 Å². The van der Waals surface area contributed by atoms with Gasteiger partial charge in [0.25, 0.3) is 0 Å².